The number of hydrazone groups is 1. The molecule has 2 amide bonds. The van der Waals surface area contributed by atoms with Crippen LogP contribution in [0.1, 0.15) is 41.8 Å². The third-order valence-electron chi connectivity index (χ3n) is 4.94. The number of aryl methyl sites for hydroxylation is 2. The van der Waals surface area contributed by atoms with Gasteiger partial charge in [0.1, 0.15) is 0 Å². The fourth-order valence-corrected chi connectivity index (χ4v) is 3.53. The maximum Gasteiger partial charge on any atom is 0.329 e. The Kier molecular flexibility index (Phi) is 5.74. The van der Waals surface area contributed by atoms with Crippen molar-refractivity contribution < 1.29 is 9.59 Å². The lowest BCUT2D eigenvalue weighted by molar-refractivity contribution is -0.146. The second-order valence-electron chi connectivity index (χ2n) is 7.05. The van der Waals surface area contributed by atoms with Crippen LogP contribution in [0.25, 0.3) is 5.69 Å². The van der Waals surface area contributed by atoms with E-state index in [-0.39, 0.29) is 0 Å². The molecule has 142 valence electrons. The highest BCUT2D eigenvalue weighted by molar-refractivity contribution is 6.35. The van der Waals surface area contributed by atoms with Crippen LogP contribution in [-0.2, 0) is 9.59 Å². The van der Waals surface area contributed by atoms with Crippen molar-refractivity contribution in [3.8, 4) is 5.69 Å². The maximum atomic E-state index is 12.1. The molecule has 2 heterocycles. The molecule has 1 aromatic carbocycles. The van der Waals surface area contributed by atoms with E-state index in [2.05, 4.69) is 40.2 Å². The Morgan fingerprint density at radius 3 is 2.52 bits per heavy atom. The first-order chi connectivity index (χ1) is 13.0. The van der Waals surface area contributed by atoms with Crippen molar-refractivity contribution in [1.29, 1.82) is 0 Å². The highest BCUT2D eigenvalue weighted by atomic mass is 16.2. The topological polar surface area (TPSA) is 66.7 Å². The predicted molar refractivity (Wildman–Crippen MR) is 106 cm³/mol. The molecule has 3 rings (SSSR count). The molecule has 0 bridgehead atoms. The number of likely N-dealkylation sites (tertiary alicyclic amines) is 1. The van der Waals surface area contributed by atoms with Crippen molar-refractivity contribution in [3.63, 3.8) is 0 Å². The number of benzene rings is 1. The van der Waals surface area contributed by atoms with E-state index in [9.17, 15) is 9.59 Å². The summed E-state index contributed by atoms with van der Waals surface area (Å²) in [5.74, 6) is -1.18. The number of nitrogens with one attached hydrogen (secondary N) is 1. The average molecular weight is 366 g/mol. The molecule has 1 fully saturated rings. The monoisotopic (exact) mass is 366 g/mol. The second kappa shape index (κ2) is 8.20. The smallest absolute Gasteiger partial charge is 0.329 e. The standard InChI is InChI=1S/C21H26N4O2/c1-15-8-7-9-19(12-15)25-16(2)13-18(17(25)3)14-22-23-20(26)21(27)24-10-5-4-6-11-24/h7-9,12-14H,4-6,10-11H2,1-3H3,(H,23,26)/b22-14-. The molecule has 0 radical (unpaired) electrons. The van der Waals surface area contributed by atoms with Gasteiger partial charge in [-0.2, -0.15) is 5.10 Å². The first-order valence-corrected chi connectivity index (χ1v) is 9.35. The lowest BCUT2D eigenvalue weighted by atomic mass is 10.1. The fourth-order valence-electron chi connectivity index (χ4n) is 3.53. The maximum absolute atomic E-state index is 12.1. The van der Waals surface area contributed by atoms with Gasteiger partial charge in [0.15, 0.2) is 0 Å². The summed E-state index contributed by atoms with van der Waals surface area (Å²) < 4.78 is 2.15. The average Bonchev–Trinajstić information content (AvgIpc) is 2.95. The molecule has 1 N–H and O–H groups in total. The molecule has 0 aliphatic carbocycles. The van der Waals surface area contributed by atoms with Gasteiger partial charge in [-0.25, -0.2) is 5.43 Å². The molecule has 0 unspecified atom stereocenters. The minimum Gasteiger partial charge on any atom is -0.334 e. The van der Waals surface area contributed by atoms with Crippen LogP contribution < -0.4 is 5.43 Å². The van der Waals surface area contributed by atoms with E-state index in [0.29, 0.717) is 13.1 Å². The lowest BCUT2D eigenvalue weighted by Crippen LogP contribution is -2.43. The van der Waals surface area contributed by atoms with E-state index in [1.807, 2.05) is 26.0 Å². The van der Waals surface area contributed by atoms with Gasteiger partial charge in [0.2, 0.25) is 0 Å². The molecule has 0 saturated carbocycles. The summed E-state index contributed by atoms with van der Waals surface area (Å²) in [7, 11) is 0. The molecule has 2 aromatic rings. The summed E-state index contributed by atoms with van der Waals surface area (Å²) in [6.45, 7) is 7.40. The van der Waals surface area contributed by atoms with Gasteiger partial charge < -0.3 is 9.47 Å². The molecule has 1 aliphatic heterocycles. The summed E-state index contributed by atoms with van der Waals surface area (Å²) in [6, 6.07) is 10.3. The Labute approximate surface area is 159 Å². The zero-order valence-electron chi connectivity index (χ0n) is 16.2. The van der Waals surface area contributed by atoms with Gasteiger partial charge in [-0.05, 0) is 63.8 Å². The molecule has 1 saturated heterocycles. The van der Waals surface area contributed by atoms with Crippen molar-refractivity contribution >= 4 is 18.0 Å². The zero-order valence-corrected chi connectivity index (χ0v) is 16.2. The van der Waals surface area contributed by atoms with E-state index >= 15 is 0 Å². The van der Waals surface area contributed by atoms with Crippen molar-refractivity contribution in [2.24, 2.45) is 5.10 Å². The summed E-state index contributed by atoms with van der Waals surface area (Å²) in [5, 5.41) is 4.00. The normalized spacial score (nSPS) is 14.6. The molecule has 0 atom stereocenters. The largest absolute Gasteiger partial charge is 0.334 e. The van der Waals surface area contributed by atoms with Crippen LogP contribution in [-0.4, -0.2) is 40.6 Å². The van der Waals surface area contributed by atoms with Gasteiger partial charge in [0, 0.05) is 35.7 Å². The number of carbonyl (C=O) groups excluding carboxylic acids is 2. The Morgan fingerprint density at radius 1 is 1.07 bits per heavy atom. The molecule has 1 aliphatic rings. The summed E-state index contributed by atoms with van der Waals surface area (Å²) in [6.07, 6.45) is 4.61. The van der Waals surface area contributed by atoms with Crippen LogP contribution in [0.5, 0.6) is 0 Å². The van der Waals surface area contributed by atoms with E-state index in [1.54, 1.807) is 11.1 Å². The Bertz CT molecular complexity index is 876. The highest BCUT2D eigenvalue weighted by Gasteiger charge is 2.22. The SMILES string of the molecule is Cc1cccc(-n2c(C)cc(/C=N\NC(=O)C(=O)N3CCCCC3)c2C)c1. The molecule has 6 nitrogen and oxygen atoms in total. The summed E-state index contributed by atoms with van der Waals surface area (Å²) in [5.41, 5.74) is 7.66. The Balaban J connectivity index is 1.70. The molecule has 6 heteroatoms. The van der Waals surface area contributed by atoms with E-state index in [1.165, 1.54) is 5.56 Å². The summed E-state index contributed by atoms with van der Waals surface area (Å²) >= 11 is 0. The van der Waals surface area contributed by atoms with Gasteiger partial charge in [0.05, 0.1) is 6.21 Å². The minimum atomic E-state index is -0.680. The molecule has 1 aromatic heterocycles. The van der Waals surface area contributed by atoms with Crippen LogP contribution in [0.2, 0.25) is 0 Å². The number of aromatic nitrogens is 1. The number of amides is 2. The first kappa shape index (κ1) is 18.9. The predicted octanol–water partition coefficient (Wildman–Crippen LogP) is 2.87. The summed E-state index contributed by atoms with van der Waals surface area (Å²) in [4.78, 5) is 25.7. The number of carbonyl (C=O) groups is 2. The number of rotatable bonds is 3. The van der Waals surface area contributed by atoms with Crippen LogP contribution in [0.15, 0.2) is 35.4 Å². The van der Waals surface area contributed by atoms with E-state index in [0.717, 1.165) is 41.9 Å². The fraction of sp³-hybridized carbons (Fsp3) is 0.381. The van der Waals surface area contributed by atoms with Crippen molar-refractivity contribution in [1.82, 2.24) is 14.9 Å². The third kappa shape index (κ3) is 4.27. The molecular weight excluding hydrogens is 340 g/mol. The minimum absolute atomic E-state index is 0.503. The zero-order chi connectivity index (χ0) is 19.4. The van der Waals surface area contributed by atoms with Crippen molar-refractivity contribution in [2.75, 3.05) is 13.1 Å². The van der Waals surface area contributed by atoms with Crippen LogP contribution in [0.3, 0.4) is 0 Å². The Hall–Kier alpha value is -2.89. The third-order valence-corrected chi connectivity index (χ3v) is 4.94. The van der Waals surface area contributed by atoms with Crippen molar-refractivity contribution in [2.45, 2.75) is 40.0 Å². The molecule has 27 heavy (non-hydrogen) atoms. The van der Waals surface area contributed by atoms with Gasteiger partial charge >= 0.3 is 11.8 Å². The lowest BCUT2D eigenvalue weighted by Gasteiger charge is -2.25. The van der Waals surface area contributed by atoms with Gasteiger partial charge in [-0.3, -0.25) is 9.59 Å². The quantitative estimate of drug-likeness (QED) is 0.516. The van der Waals surface area contributed by atoms with E-state index in [4.69, 9.17) is 0 Å². The number of hydrogen-bond donors (Lipinski definition) is 1. The molecular formula is C21H26N4O2. The molecule has 0 spiro atoms. The highest BCUT2D eigenvalue weighted by Crippen LogP contribution is 2.20. The van der Waals surface area contributed by atoms with Gasteiger partial charge in [-0.15, -0.1) is 0 Å². The van der Waals surface area contributed by atoms with Crippen LogP contribution >= 0.6 is 0 Å². The number of hydrogen-bond acceptors (Lipinski definition) is 3. The number of nitrogens with zero attached hydrogens (tertiary/aromatic N) is 3. The van der Waals surface area contributed by atoms with Crippen molar-refractivity contribution in [3.05, 3.63) is 52.8 Å². The van der Waals surface area contributed by atoms with Gasteiger partial charge in [-0.1, -0.05) is 12.1 Å². The van der Waals surface area contributed by atoms with Crippen LogP contribution in [0.4, 0.5) is 0 Å². The first-order valence-electron chi connectivity index (χ1n) is 9.35. The van der Waals surface area contributed by atoms with Crippen LogP contribution in [0, 0.1) is 20.8 Å². The Morgan fingerprint density at radius 2 is 1.81 bits per heavy atom. The van der Waals surface area contributed by atoms with E-state index < -0.39 is 11.8 Å². The van der Waals surface area contributed by atoms with Gasteiger partial charge in [0.25, 0.3) is 0 Å². The second-order valence-corrected chi connectivity index (χ2v) is 7.05. The number of piperidine rings is 1.